The number of ketones is 1. The van der Waals surface area contributed by atoms with Crippen LogP contribution in [0.4, 0.5) is 0 Å². The number of halogens is 1. The van der Waals surface area contributed by atoms with Gasteiger partial charge < -0.3 is 4.74 Å². The zero-order valence-electron chi connectivity index (χ0n) is 13.4. The molecule has 0 saturated heterocycles. The van der Waals surface area contributed by atoms with Crippen LogP contribution in [-0.4, -0.2) is 28.4 Å². The van der Waals surface area contributed by atoms with Crippen molar-refractivity contribution in [2.24, 2.45) is 0 Å². The molecule has 0 spiro atoms. The molecule has 0 unspecified atom stereocenters. The van der Waals surface area contributed by atoms with E-state index in [1.54, 1.807) is 28.8 Å². The molecule has 1 aromatic carbocycles. The van der Waals surface area contributed by atoms with E-state index in [4.69, 9.17) is 16.3 Å². The minimum atomic E-state index is -0.471. The smallest absolute Gasteiger partial charge is 0.339 e. The number of carbonyl (C=O) groups excluding carboxylic acids is 2. The van der Waals surface area contributed by atoms with E-state index >= 15 is 0 Å². The van der Waals surface area contributed by atoms with Gasteiger partial charge in [-0.3, -0.25) is 9.36 Å². The van der Waals surface area contributed by atoms with Gasteiger partial charge in [0, 0.05) is 13.3 Å². The molecule has 0 aliphatic rings. The molecule has 0 fully saturated rings. The van der Waals surface area contributed by atoms with E-state index in [2.05, 4.69) is 11.9 Å². The lowest BCUT2D eigenvalue weighted by Crippen LogP contribution is -2.13. The van der Waals surface area contributed by atoms with Crippen LogP contribution in [0.3, 0.4) is 0 Å². The van der Waals surface area contributed by atoms with Crippen molar-refractivity contribution in [2.75, 3.05) is 7.11 Å². The molecule has 0 N–H and O–H groups in total. The minimum absolute atomic E-state index is 0.156. The average Bonchev–Trinajstić information content (AvgIpc) is 2.88. The van der Waals surface area contributed by atoms with Crippen LogP contribution >= 0.6 is 11.6 Å². The highest BCUT2D eigenvalue weighted by molar-refractivity contribution is 6.32. The van der Waals surface area contributed by atoms with Crippen molar-refractivity contribution in [1.29, 1.82) is 0 Å². The number of aromatic nitrogens is 2. The van der Waals surface area contributed by atoms with Crippen LogP contribution < -0.4 is 0 Å². The lowest BCUT2D eigenvalue weighted by Gasteiger charge is -2.14. The summed E-state index contributed by atoms with van der Waals surface area (Å²) in [5, 5.41) is 0.156. The standard InChI is InChI=1S/C17H19ClN2O3/c1-4-5-10-14-19-16(18)15(11(2)21)20(14)13-9-7-6-8-12(13)17(22)23-3/h6-9H,4-5,10H2,1-3H3. The number of nitrogens with zero attached hydrogens (tertiary/aromatic N) is 2. The molecule has 0 atom stereocenters. The molecule has 0 amide bonds. The van der Waals surface area contributed by atoms with Gasteiger partial charge in [-0.05, 0) is 18.6 Å². The van der Waals surface area contributed by atoms with Crippen LogP contribution in [0.2, 0.25) is 5.15 Å². The SMILES string of the molecule is CCCCc1nc(Cl)c(C(C)=O)n1-c1ccccc1C(=O)OC. The number of Topliss-reactive ketones (excluding diaryl/α,β-unsaturated/α-hetero) is 1. The Bertz CT molecular complexity index is 737. The van der Waals surface area contributed by atoms with Crippen LogP contribution in [-0.2, 0) is 11.2 Å². The van der Waals surface area contributed by atoms with Crippen molar-refractivity contribution in [3.8, 4) is 5.69 Å². The van der Waals surface area contributed by atoms with Gasteiger partial charge in [0.05, 0.1) is 18.4 Å². The van der Waals surface area contributed by atoms with Crippen molar-refractivity contribution >= 4 is 23.4 Å². The number of imidazole rings is 1. The third kappa shape index (κ3) is 3.45. The molecule has 23 heavy (non-hydrogen) atoms. The number of benzene rings is 1. The largest absolute Gasteiger partial charge is 0.465 e. The molecule has 0 saturated carbocycles. The average molecular weight is 335 g/mol. The maximum absolute atomic E-state index is 12.0. The van der Waals surface area contributed by atoms with Crippen LogP contribution in [0.15, 0.2) is 24.3 Å². The third-order valence-electron chi connectivity index (χ3n) is 3.54. The van der Waals surface area contributed by atoms with Gasteiger partial charge in [-0.2, -0.15) is 0 Å². The number of ether oxygens (including phenoxy) is 1. The van der Waals surface area contributed by atoms with Crippen molar-refractivity contribution in [3.05, 3.63) is 46.5 Å². The van der Waals surface area contributed by atoms with Gasteiger partial charge in [0.25, 0.3) is 0 Å². The second-order valence-electron chi connectivity index (χ2n) is 5.17. The van der Waals surface area contributed by atoms with E-state index in [9.17, 15) is 9.59 Å². The number of methoxy groups -OCH3 is 1. The molecule has 2 rings (SSSR count). The number of hydrogen-bond donors (Lipinski definition) is 0. The van der Waals surface area contributed by atoms with Crippen LogP contribution in [0.25, 0.3) is 5.69 Å². The summed E-state index contributed by atoms with van der Waals surface area (Å²) in [5.74, 6) is -0.00955. The summed E-state index contributed by atoms with van der Waals surface area (Å²) >= 11 is 6.17. The molecule has 122 valence electrons. The summed E-state index contributed by atoms with van der Waals surface area (Å²) in [6.07, 6.45) is 2.56. The van der Waals surface area contributed by atoms with E-state index in [0.717, 1.165) is 12.8 Å². The fourth-order valence-corrected chi connectivity index (χ4v) is 2.77. The molecule has 0 radical (unpaired) electrons. The molecule has 1 aromatic heterocycles. The molecule has 6 heteroatoms. The lowest BCUT2D eigenvalue weighted by atomic mass is 10.1. The first-order valence-corrected chi connectivity index (χ1v) is 7.84. The summed E-state index contributed by atoms with van der Waals surface area (Å²) in [5.41, 5.74) is 1.20. The molecule has 0 aliphatic heterocycles. The van der Waals surface area contributed by atoms with Crippen molar-refractivity contribution < 1.29 is 14.3 Å². The van der Waals surface area contributed by atoms with E-state index in [-0.39, 0.29) is 16.6 Å². The summed E-state index contributed by atoms with van der Waals surface area (Å²) in [7, 11) is 1.32. The molecule has 0 bridgehead atoms. The fraction of sp³-hybridized carbons (Fsp3) is 0.353. The normalized spacial score (nSPS) is 10.6. The second-order valence-corrected chi connectivity index (χ2v) is 5.53. The number of hydrogen-bond acceptors (Lipinski definition) is 4. The van der Waals surface area contributed by atoms with E-state index in [1.165, 1.54) is 14.0 Å². The van der Waals surface area contributed by atoms with Gasteiger partial charge in [-0.1, -0.05) is 37.1 Å². The molecule has 0 aliphatic carbocycles. The number of para-hydroxylation sites is 1. The summed E-state index contributed by atoms with van der Waals surface area (Å²) in [4.78, 5) is 28.4. The maximum atomic E-state index is 12.0. The first-order valence-electron chi connectivity index (χ1n) is 7.47. The van der Waals surface area contributed by atoms with Gasteiger partial charge in [-0.15, -0.1) is 0 Å². The highest BCUT2D eigenvalue weighted by Crippen LogP contribution is 2.26. The van der Waals surface area contributed by atoms with Crippen molar-refractivity contribution in [2.45, 2.75) is 33.1 Å². The topological polar surface area (TPSA) is 61.2 Å². The van der Waals surface area contributed by atoms with E-state index in [1.807, 2.05) is 0 Å². The molecule has 2 aromatic rings. The zero-order chi connectivity index (χ0) is 17.0. The van der Waals surface area contributed by atoms with Crippen LogP contribution in [0.1, 0.15) is 53.4 Å². The fourth-order valence-electron chi connectivity index (χ4n) is 2.45. The van der Waals surface area contributed by atoms with Gasteiger partial charge in [-0.25, -0.2) is 9.78 Å². The number of rotatable bonds is 6. The first kappa shape index (κ1) is 17.2. The number of unbranched alkanes of at least 4 members (excludes halogenated alkanes) is 1. The zero-order valence-corrected chi connectivity index (χ0v) is 14.2. The summed E-state index contributed by atoms with van der Waals surface area (Å²) in [6.45, 7) is 3.51. The van der Waals surface area contributed by atoms with Gasteiger partial charge in [0.15, 0.2) is 10.9 Å². The first-order chi connectivity index (χ1) is 11.0. The summed E-state index contributed by atoms with van der Waals surface area (Å²) < 4.78 is 6.51. The maximum Gasteiger partial charge on any atom is 0.339 e. The Morgan fingerprint density at radius 1 is 1.30 bits per heavy atom. The minimum Gasteiger partial charge on any atom is -0.465 e. The highest BCUT2D eigenvalue weighted by atomic mass is 35.5. The predicted octanol–water partition coefficient (Wildman–Crippen LogP) is 3.86. The van der Waals surface area contributed by atoms with Gasteiger partial charge in [0.1, 0.15) is 11.5 Å². The Morgan fingerprint density at radius 3 is 2.61 bits per heavy atom. The van der Waals surface area contributed by atoms with Crippen molar-refractivity contribution in [3.63, 3.8) is 0 Å². The third-order valence-corrected chi connectivity index (χ3v) is 3.81. The van der Waals surface area contributed by atoms with Crippen LogP contribution in [0.5, 0.6) is 0 Å². The van der Waals surface area contributed by atoms with Gasteiger partial charge >= 0.3 is 5.97 Å². The number of aryl methyl sites for hydroxylation is 1. The number of esters is 1. The second kappa shape index (κ2) is 7.42. The molecular weight excluding hydrogens is 316 g/mol. The van der Waals surface area contributed by atoms with E-state index in [0.29, 0.717) is 23.5 Å². The highest BCUT2D eigenvalue weighted by Gasteiger charge is 2.23. The Morgan fingerprint density at radius 2 is 2.00 bits per heavy atom. The molecule has 1 heterocycles. The monoisotopic (exact) mass is 334 g/mol. The predicted molar refractivity (Wildman–Crippen MR) is 88.5 cm³/mol. The van der Waals surface area contributed by atoms with Gasteiger partial charge in [0.2, 0.25) is 0 Å². The van der Waals surface area contributed by atoms with Crippen LogP contribution in [0, 0.1) is 0 Å². The summed E-state index contributed by atoms with van der Waals surface area (Å²) in [6, 6.07) is 6.95. The molecule has 5 nitrogen and oxygen atoms in total. The quantitative estimate of drug-likeness (QED) is 0.594. The van der Waals surface area contributed by atoms with Crippen molar-refractivity contribution in [1.82, 2.24) is 9.55 Å². The lowest BCUT2D eigenvalue weighted by molar-refractivity contribution is 0.0600. The van der Waals surface area contributed by atoms with E-state index < -0.39 is 5.97 Å². The Balaban J connectivity index is 2.71. The Hall–Kier alpha value is -2.14. The number of carbonyl (C=O) groups is 2. The molecular formula is C17H19ClN2O3. The Labute approximate surface area is 140 Å². The Kier molecular flexibility index (Phi) is 5.55.